The zero-order chi connectivity index (χ0) is 21.5. The first kappa shape index (κ1) is 21.7. The number of hydrogen-bond donors (Lipinski definition) is 1. The van der Waals surface area contributed by atoms with Crippen LogP contribution in [0.2, 0.25) is 5.02 Å². The number of ether oxygens (including phenoxy) is 2. The van der Waals surface area contributed by atoms with Crippen LogP contribution < -0.4 is 14.8 Å². The minimum absolute atomic E-state index is 0.0177. The molecule has 0 heterocycles. The summed E-state index contributed by atoms with van der Waals surface area (Å²) in [6.45, 7) is 6.21. The highest BCUT2D eigenvalue weighted by Crippen LogP contribution is 2.33. The van der Waals surface area contributed by atoms with Crippen LogP contribution in [0.4, 0.5) is 0 Å². The first-order valence-corrected chi connectivity index (χ1v) is 10.4. The molecule has 1 N–H and O–H groups in total. The first-order valence-electron chi connectivity index (χ1n) is 10.0. The van der Waals surface area contributed by atoms with Gasteiger partial charge in [0.25, 0.3) is 0 Å². The van der Waals surface area contributed by atoms with Gasteiger partial charge in [0.05, 0.1) is 17.7 Å². The van der Waals surface area contributed by atoms with Crippen molar-refractivity contribution in [1.82, 2.24) is 5.32 Å². The van der Waals surface area contributed by atoms with Crippen molar-refractivity contribution in [3.8, 4) is 28.4 Å². The van der Waals surface area contributed by atoms with E-state index in [1.165, 1.54) is 6.92 Å². The van der Waals surface area contributed by atoms with Gasteiger partial charge in [-0.3, -0.25) is 4.79 Å². The molecule has 0 aliphatic carbocycles. The molecule has 1 atom stereocenters. The van der Waals surface area contributed by atoms with Crippen LogP contribution in [-0.2, 0) is 4.79 Å². The summed E-state index contributed by atoms with van der Waals surface area (Å²) in [5, 5.41) is 3.40. The number of carbonyl (C=O) groups excluding carboxylic acids is 1. The van der Waals surface area contributed by atoms with Crippen molar-refractivity contribution in [1.29, 1.82) is 0 Å². The number of nitrogens with one attached hydrogen (secondary N) is 1. The fourth-order valence-corrected chi connectivity index (χ4v) is 3.28. The maximum absolute atomic E-state index is 11.2. The van der Waals surface area contributed by atoms with E-state index in [0.717, 1.165) is 28.9 Å². The van der Waals surface area contributed by atoms with Gasteiger partial charge in [-0.2, -0.15) is 0 Å². The first-order chi connectivity index (χ1) is 14.5. The lowest BCUT2D eigenvalue weighted by atomic mass is 10.0. The van der Waals surface area contributed by atoms with E-state index in [2.05, 4.69) is 24.4 Å². The molecule has 156 valence electrons. The second kappa shape index (κ2) is 10.2. The molecule has 0 saturated carbocycles. The molecule has 30 heavy (non-hydrogen) atoms. The largest absolute Gasteiger partial charge is 0.494 e. The predicted octanol–water partition coefficient (Wildman–Crippen LogP) is 6.79. The van der Waals surface area contributed by atoms with Crippen molar-refractivity contribution < 1.29 is 14.3 Å². The summed E-state index contributed by atoms with van der Waals surface area (Å²) in [5.41, 5.74) is 3.24. The molecule has 5 heteroatoms. The molecule has 0 bridgehead atoms. The fraction of sp³-hybridized carbons (Fsp3) is 0.240. The van der Waals surface area contributed by atoms with Crippen molar-refractivity contribution >= 4 is 17.5 Å². The number of halogens is 1. The van der Waals surface area contributed by atoms with Gasteiger partial charge in [0, 0.05) is 13.0 Å². The van der Waals surface area contributed by atoms with Gasteiger partial charge in [0.2, 0.25) is 5.91 Å². The molecule has 3 aromatic carbocycles. The Kier molecular flexibility index (Phi) is 7.36. The summed E-state index contributed by atoms with van der Waals surface area (Å²) in [4.78, 5) is 11.2. The topological polar surface area (TPSA) is 47.6 Å². The number of hydrogen-bond acceptors (Lipinski definition) is 3. The molecule has 0 aromatic heterocycles. The lowest BCUT2D eigenvalue weighted by Crippen LogP contribution is -2.23. The Labute approximate surface area is 182 Å². The highest BCUT2D eigenvalue weighted by molar-refractivity contribution is 6.32. The number of carbonyl (C=O) groups is 1. The minimum atomic E-state index is -0.0367. The van der Waals surface area contributed by atoms with Gasteiger partial charge in [-0.15, -0.1) is 0 Å². The third kappa shape index (κ3) is 5.77. The highest BCUT2D eigenvalue weighted by Gasteiger charge is 2.08. The van der Waals surface area contributed by atoms with Crippen LogP contribution in [-0.4, -0.2) is 12.5 Å². The molecule has 0 aliphatic rings. The van der Waals surface area contributed by atoms with Crippen LogP contribution in [0.1, 0.15) is 38.8 Å². The second-order valence-electron chi connectivity index (χ2n) is 7.11. The van der Waals surface area contributed by atoms with E-state index in [4.69, 9.17) is 21.1 Å². The minimum Gasteiger partial charge on any atom is -0.494 e. The Balaban J connectivity index is 1.67. The van der Waals surface area contributed by atoms with Crippen LogP contribution >= 0.6 is 11.6 Å². The van der Waals surface area contributed by atoms with Crippen LogP contribution in [0.3, 0.4) is 0 Å². The zero-order valence-corrected chi connectivity index (χ0v) is 18.2. The van der Waals surface area contributed by atoms with Crippen molar-refractivity contribution in [2.45, 2.75) is 33.2 Å². The third-order valence-corrected chi connectivity index (χ3v) is 4.92. The smallest absolute Gasteiger partial charge is 0.217 e. The highest BCUT2D eigenvalue weighted by atomic mass is 35.5. The van der Waals surface area contributed by atoms with Crippen LogP contribution in [0.15, 0.2) is 66.7 Å². The summed E-state index contributed by atoms with van der Waals surface area (Å²) < 4.78 is 11.5. The Hall–Kier alpha value is -2.98. The van der Waals surface area contributed by atoms with Crippen molar-refractivity contribution in [2.75, 3.05) is 6.61 Å². The Morgan fingerprint density at radius 3 is 2.13 bits per heavy atom. The predicted molar refractivity (Wildman–Crippen MR) is 121 cm³/mol. The monoisotopic (exact) mass is 423 g/mol. The van der Waals surface area contributed by atoms with E-state index in [0.29, 0.717) is 23.1 Å². The molecular formula is C25H26ClNO3. The summed E-state index contributed by atoms with van der Waals surface area (Å²) in [7, 11) is 0. The second-order valence-corrected chi connectivity index (χ2v) is 7.52. The van der Waals surface area contributed by atoms with Gasteiger partial charge in [-0.25, -0.2) is 0 Å². The molecule has 1 unspecified atom stereocenters. The van der Waals surface area contributed by atoms with Crippen molar-refractivity contribution in [2.24, 2.45) is 0 Å². The van der Waals surface area contributed by atoms with Gasteiger partial charge in [-0.1, -0.05) is 54.9 Å². The van der Waals surface area contributed by atoms with Gasteiger partial charge < -0.3 is 14.8 Å². The molecule has 3 aromatic rings. The van der Waals surface area contributed by atoms with E-state index >= 15 is 0 Å². The van der Waals surface area contributed by atoms with Crippen molar-refractivity contribution in [3.05, 3.63) is 77.3 Å². The fourth-order valence-electron chi connectivity index (χ4n) is 3.07. The van der Waals surface area contributed by atoms with Gasteiger partial charge in [-0.05, 0) is 54.3 Å². The number of benzene rings is 3. The lowest BCUT2D eigenvalue weighted by Gasteiger charge is -2.13. The molecule has 1 amide bonds. The lowest BCUT2D eigenvalue weighted by molar-refractivity contribution is -0.119. The van der Waals surface area contributed by atoms with Gasteiger partial charge in [0.1, 0.15) is 17.2 Å². The average molecular weight is 424 g/mol. The summed E-state index contributed by atoms with van der Waals surface area (Å²) in [6.07, 6.45) is 0.944. The summed E-state index contributed by atoms with van der Waals surface area (Å²) >= 11 is 6.33. The van der Waals surface area contributed by atoms with Crippen molar-refractivity contribution in [3.63, 3.8) is 0 Å². The molecule has 4 nitrogen and oxygen atoms in total. The van der Waals surface area contributed by atoms with Crippen LogP contribution in [0, 0.1) is 0 Å². The molecular weight excluding hydrogens is 398 g/mol. The molecule has 0 radical (unpaired) electrons. The summed E-state index contributed by atoms with van der Waals surface area (Å²) in [6, 6.07) is 21.4. The number of amides is 1. The van der Waals surface area contributed by atoms with E-state index in [-0.39, 0.29) is 11.9 Å². The zero-order valence-electron chi connectivity index (χ0n) is 17.4. The van der Waals surface area contributed by atoms with Crippen LogP contribution in [0.5, 0.6) is 17.2 Å². The number of rotatable bonds is 8. The Morgan fingerprint density at radius 2 is 1.57 bits per heavy atom. The normalized spacial score (nSPS) is 11.6. The summed E-state index contributed by atoms with van der Waals surface area (Å²) in [5.74, 6) is 1.99. The standard InChI is InChI=1S/C25H26ClNO3/c1-4-15-29-23-13-14-25(24(26)16-23)30-22-11-9-21(10-12-22)20-7-5-19(6-8-20)17(2)27-18(3)28/h5-14,16-17H,4,15H2,1-3H3,(H,27,28). The maximum atomic E-state index is 11.2. The van der Waals surface area contributed by atoms with Gasteiger partial charge in [0.15, 0.2) is 0 Å². The van der Waals surface area contributed by atoms with Crippen LogP contribution in [0.25, 0.3) is 11.1 Å². The Bertz CT molecular complexity index is 984. The quantitative estimate of drug-likeness (QED) is 0.434. The Morgan fingerprint density at radius 1 is 0.967 bits per heavy atom. The van der Waals surface area contributed by atoms with E-state index in [1.807, 2.05) is 55.5 Å². The molecule has 3 rings (SSSR count). The average Bonchev–Trinajstić information content (AvgIpc) is 2.74. The molecule has 0 spiro atoms. The van der Waals surface area contributed by atoms with E-state index in [1.54, 1.807) is 6.07 Å². The van der Waals surface area contributed by atoms with Gasteiger partial charge >= 0.3 is 0 Å². The van der Waals surface area contributed by atoms with E-state index in [9.17, 15) is 4.79 Å². The molecule has 0 saturated heterocycles. The maximum Gasteiger partial charge on any atom is 0.217 e. The third-order valence-electron chi connectivity index (χ3n) is 4.62. The SMILES string of the molecule is CCCOc1ccc(Oc2ccc(-c3ccc(C(C)NC(C)=O)cc3)cc2)c(Cl)c1. The van der Waals surface area contributed by atoms with E-state index < -0.39 is 0 Å². The molecule has 0 fully saturated rings. The molecule has 0 aliphatic heterocycles.